The van der Waals surface area contributed by atoms with Crippen molar-refractivity contribution in [1.29, 1.82) is 0 Å². The minimum atomic E-state index is 0.574. The lowest BCUT2D eigenvalue weighted by Crippen LogP contribution is -2.33. The van der Waals surface area contributed by atoms with Crippen molar-refractivity contribution in [2.45, 2.75) is 25.3 Å². The lowest BCUT2D eigenvalue weighted by Gasteiger charge is -2.31. The summed E-state index contributed by atoms with van der Waals surface area (Å²) in [4.78, 5) is 12.5. The predicted molar refractivity (Wildman–Crippen MR) is 128 cm³/mol. The highest BCUT2D eigenvalue weighted by Crippen LogP contribution is 2.35. The second-order valence-electron chi connectivity index (χ2n) is 8.27. The van der Waals surface area contributed by atoms with E-state index in [4.69, 9.17) is 9.97 Å². The van der Waals surface area contributed by atoms with Crippen LogP contribution in [0.5, 0.6) is 0 Å². The SMILES string of the molecule is c1ccc(-c2nc3ccccn3c2CN2CCC(c3nc4ccccc4s3)CC2)cc1. The molecule has 0 unspecified atom stereocenters. The predicted octanol–water partition coefficient (Wildman–Crippen LogP) is 5.99. The maximum Gasteiger partial charge on any atom is 0.137 e. The number of hydrogen-bond donors (Lipinski definition) is 0. The van der Waals surface area contributed by atoms with E-state index < -0.39 is 0 Å². The number of aromatic nitrogens is 3. The van der Waals surface area contributed by atoms with Crippen LogP contribution >= 0.6 is 11.3 Å². The first-order valence-electron chi connectivity index (χ1n) is 10.9. The third kappa shape index (κ3) is 3.54. The first kappa shape index (κ1) is 18.7. The molecule has 6 rings (SSSR count). The van der Waals surface area contributed by atoms with Gasteiger partial charge in [0.15, 0.2) is 0 Å². The number of benzene rings is 2. The summed E-state index contributed by atoms with van der Waals surface area (Å²) in [6.07, 6.45) is 4.46. The number of fused-ring (bicyclic) bond motifs is 2. The number of thiazole rings is 1. The van der Waals surface area contributed by atoms with Crippen LogP contribution < -0.4 is 0 Å². The third-order valence-electron chi connectivity index (χ3n) is 6.30. The van der Waals surface area contributed by atoms with Gasteiger partial charge < -0.3 is 4.40 Å². The lowest BCUT2D eigenvalue weighted by atomic mass is 9.97. The molecule has 154 valence electrons. The summed E-state index contributed by atoms with van der Waals surface area (Å²) in [6, 6.07) is 25.3. The molecule has 0 bridgehead atoms. The van der Waals surface area contributed by atoms with Crippen molar-refractivity contribution >= 4 is 27.2 Å². The molecule has 0 aliphatic carbocycles. The topological polar surface area (TPSA) is 33.4 Å². The van der Waals surface area contributed by atoms with Crippen LogP contribution in [0.4, 0.5) is 0 Å². The molecule has 1 fully saturated rings. The number of rotatable bonds is 4. The van der Waals surface area contributed by atoms with Crippen LogP contribution in [0, 0.1) is 0 Å². The van der Waals surface area contributed by atoms with E-state index in [1.54, 1.807) is 0 Å². The van der Waals surface area contributed by atoms with Gasteiger partial charge in [0.05, 0.1) is 26.6 Å². The molecule has 2 aromatic carbocycles. The Morgan fingerprint density at radius 2 is 1.61 bits per heavy atom. The first-order valence-corrected chi connectivity index (χ1v) is 11.8. The zero-order valence-electron chi connectivity index (χ0n) is 17.3. The Morgan fingerprint density at radius 1 is 0.839 bits per heavy atom. The average Bonchev–Trinajstić information content (AvgIpc) is 3.42. The summed E-state index contributed by atoms with van der Waals surface area (Å²) in [5.74, 6) is 0.574. The molecule has 0 N–H and O–H groups in total. The molecule has 0 atom stereocenters. The summed E-state index contributed by atoms with van der Waals surface area (Å²) in [5, 5.41) is 1.31. The van der Waals surface area contributed by atoms with Gasteiger partial charge in [0, 0.05) is 24.2 Å². The van der Waals surface area contributed by atoms with Gasteiger partial charge in [0.25, 0.3) is 0 Å². The van der Waals surface area contributed by atoms with E-state index in [-0.39, 0.29) is 0 Å². The Balaban J connectivity index is 1.24. The molecule has 0 radical (unpaired) electrons. The van der Waals surface area contributed by atoms with Crippen LogP contribution in [0.3, 0.4) is 0 Å². The molecule has 1 aliphatic rings. The zero-order chi connectivity index (χ0) is 20.6. The van der Waals surface area contributed by atoms with Crippen LogP contribution in [0.15, 0.2) is 79.0 Å². The number of hydrogen-bond acceptors (Lipinski definition) is 4. The summed E-state index contributed by atoms with van der Waals surface area (Å²) in [7, 11) is 0. The monoisotopic (exact) mass is 424 g/mol. The second kappa shape index (κ2) is 7.91. The second-order valence-corrected chi connectivity index (χ2v) is 9.33. The minimum absolute atomic E-state index is 0.574. The molecule has 5 heteroatoms. The van der Waals surface area contributed by atoms with E-state index >= 15 is 0 Å². The molecule has 0 amide bonds. The van der Waals surface area contributed by atoms with Gasteiger partial charge in [-0.1, -0.05) is 48.5 Å². The highest BCUT2D eigenvalue weighted by Gasteiger charge is 2.25. The van der Waals surface area contributed by atoms with Gasteiger partial charge in [-0.15, -0.1) is 11.3 Å². The fourth-order valence-corrected chi connectivity index (χ4v) is 5.78. The van der Waals surface area contributed by atoms with Crippen LogP contribution in [-0.4, -0.2) is 32.4 Å². The first-order chi connectivity index (χ1) is 15.3. The standard InChI is InChI=1S/C26H24N4S/c1-2-8-19(9-3-1)25-22(30-15-7-6-12-24(30)28-25)18-29-16-13-20(14-17-29)26-27-21-10-4-5-11-23(21)31-26/h1-12,15,20H,13-14,16-18H2. The van der Waals surface area contributed by atoms with E-state index in [0.717, 1.165) is 49.3 Å². The van der Waals surface area contributed by atoms with Gasteiger partial charge in [-0.2, -0.15) is 0 Å². The summed E-state index contributed by atoms with van der Waals surface area (Å²) >= 11 is 1.87. The fraction of sp³-hybridized carbons (Fsp3) is 0.231. The number of imidazole rings is 1. The summed E-state index contributed by atoms with van der Waals surface area (Å²) in [6.45, 7) is 3.10. The Kier molecular flexibility index (Phi) is 4.78. The highest BCUT2D eigenvalue weighted by atomic mass is 32.1. The van der Waals surface area contributed by atoms with E-state index in [1.165, 1.54) is 21.0 Å². The molecular formula is C26H24N4S. The smallest absolute Gasteiger partial charge is 0.137 e. The van der Waals surface area contributed by atoms with Crippen molar-refractivity contribution in [3.63, 3.8) is 0 Å². The molecule has 3 aromatic heterocycles. The van der Waals surface area contributed by atoms with Crippen LogP contribution in [0.2, 0.25) is 0 Å². The van der Waals surface area contributed by atoms with Crippen molar-refractivity contribution in [2.75, 3.05) is 13.1 Å². The van der Waals surface area contributed by atoms with Crippen LogP contribution in [-0.2, 0) is 6.54 Å². The zero-order valence-corrected chi connectivity index (χ0v) is 18.1. The normalized spacial score (nSPS) is 15.7. The quantitative estimate of drug-likeness (QED) is 0.355. The minimum Gasteiger partial charge on any atom is -0.302 e. The lowest BCUT2D eigenvalue weighted by molar-refractivity contribution is 0.202. The molecule has 0 saturated carbocycles. The molecule has 4 heterocycles. The van der Waals surface area contributed by atoms with Gasteiger partial charge >= 0.3 is 0 Å². The Labute approximate surface area is 185 Å². The van der Waals surface area contributed by atoms with Crippen LogP contribution in [0.1, 0.15) is 29.5 Å². The van der Waals surface area contributed by atoms with Gasteiger partial charge in [-0.3, -0.25) is 4.90 Å². The number of para-hydroxylation sites is 1. The average molecular weight is 425 g/mol. The van der Waals surface area contributed by atoms with Crippen molar-refractivity contribution in [3.05, 3.63) is 89.7 Å². The van der Waals surface area contributed by atoms with Gasteiger partial charge in [-0.05, 0) is 50.2 Å². The van der Waals surface area contributed by atoms with Crippen molar-refractivity contribution < 1.29 is 0 Å². The van der Waals surface area contributed by atoms with Gasteiger partial charge in [0.2, 0.25) is 0 Å². The number of pyridine rings is 1. The summed E-state index contributed by atoms with van der Waals surface area (Å²) < 4.78 is 3.56. The molecule has 31 heavy (non-hydrogen) atoms. The Hall–Kier alpha value is -3.02. The maximum atomic E-state index is 4.96. The molecule has 1 saturated heterocycles. The van der Waals surface area contributed by atoms with Crippen molar-refractivity contribution in [3.8, 4) is 11.3 Å². The van der Waals surface area contributed by atoms with Crippen LogP contribution in [0.25, 0.3) is 27.1 Å². The van der Waals surface area contributed by atoms with E-state index in [2.05, 4.69) is 88.3 Å². The number of nitrogens with zero attached hydrogens (tertiary/aromatic N) is 4. The molecule has 0 spiro atoms. The van der Waals surface area contributed by atoms with Gasteiger partial charge in [-0.25, -0.2) is 9.97 Å². The van der Waals surface area contributed by atoms with E-state index in [9.17, 15) is 0 Å². The maximum absolute atomic E-state index is 4.96. The van der Waals surface area contributed by atoms with E-state index in [0.29, 0.717) is 5.92 Å². The number of likely N-dealkylation sites (tertiary alicyclic amines) is 1. The van der Waals surface area contributed by atoms with Crippen molar-refractivity contribution in [1.82, 2.24) is 19.3 Å². The number of piperidine rings is 1. The molecule has 4 nitrogen and oxygen atoms in total. The molecule has 1 aliphatic heterocycles. The van der Waals surface area contributed by atoms with E-state index in [1.807, 2.05) is 11.3 Å². The van der Waals surface area contributed by atoms with Crippen molar-refractivity contribution in [2.24, 2.45) is 0 Å². The third-order valence-corrected chi connectivity index (χ3v) is 7.50. The Bertz CT molecular complexity index is 1300. The highest BCUT2D eigenvalue weighted by molar-refractivity contribution is 7.18. The molecular weight excluding hydrogens is 400 g/mol. The Morgan fingerprint density at radius 3 is 2.45 bits per heavy atom. The molecule has 5 aromatic rings. The largest absolute Gasteiger partial charge is 0.302 e. The van der Waals surface area contributed by atoms with Gasteiger partial charge in [0.1, 0.15) is 5.65 Å². The summed E-state index contributed by atoms with van der Waals surface area (Å²) in [5.41, 5.74) is 5.72. The fourth-order valence-electron chi connectivity index (χ4n) is 4.64.